The number of nitrogens with zero attached hydrogens (tertiary/aromatic N) is 3. The molecule has 1 aliphatic rings. The third kappa shape index (κ3) is 5.48. The Balaban J connectivity index is 2.06. The summed E-state index contributed by atoms with van der Waals surface area (Å²) in [6.07, 6.45) is 9.57. The molecule has 1 amide bonds. The summed E-state index contributed by atoms with van der Waals surface area (Å²) in [6, 6.07) is 2.21. The summed E-state index contributed by atoms with van der Waals surface area (Å²) in [5, 5.41) is 3.45. The highest BCUT2D eigenvalue weighted by atomic mass is 16.2. The number of hydrogen-bond donors (Lipinski definition) is 1. The van der Waals surface area contributed by atoms with E-state index in [0.29, 0.717) is 17.7 Å². The van der Waals surface area contributed by atoms with Crippen molar-refractivity contribution in [2.45, 2.75) is 71.3 Å². The zero-order valence-corrected chi connectivity index (χ0v) is 14.8. The summed E-state index contributed by atoms with van der Waals surface area (Å²) in [7, 11) is 1.84. The van der Waals surface area contributed by atoms with E-state index < -0.39 is 0 Å². The van der Waals surface area contributed by atoms with Crippen molar-refractivity contribution >= 4 is 11.9 Å². The maximum absolute atomic E-state index is 12.5. The lowest BCUT2D eigenvalue weighted by molar-refractivity contribution is 0.0787. The molecule has 1 N–H and O–H groups in total. The third-order valence-corrected chi connectivity index (χ3v) is 4.46. The first-order valence-corrected chi connectivity index (χ1v) is 8.98. The molecule has 0 aromatic carbocycles. The second-order valence-corrected chi connectivity index (χ2v) is 6.63. The van der Waals surface area contributed by atoms with E-state index in [9.17, 15) is 4.79 Å². The van der Waals surface area contributed by atoms with Crippen LogP contribution in [0.5, 0.6) is 0 Å². The van der Waals surface area contributed by atoms with Crippen molar-refractivity contribution in [3.63, 3.8) is 0 Å². The smallest absolute Gasteiger partial charge is 0.272 e. The van der Waals surface area contributed by atoms with Gasteiger partial charge < -0.3 is 10.2 Å². The summed E-state index contributed by atoms with van der Waals surface area (Å²) in [4.78, 5) is 23.2. The second-order valence-electron chi connectivity index (χ2n) is 6.63. The van der Waals surface area contributed by atoms with E-state index in [1.54, 1.807) is 11.0 Å². The molecule has 1 aromatic heterocycles. The van der Waals surface area contributed by atoms with Gasteiger partial charge in [0.05, 0.1) is 0 Å². The first-order chi connectivity index (χ1) is 11.1. The van der Waals surface area contributed by atoms with Crippen LogP contribution in [0.1, 0.15) is 74.5 Å². The predicted molar refractivity (Wildman–Crippen MR) is 93.8 cm³/mol. The number of carbonyl (C=O) groups is 1. The van der Waals surface area contributed by atoms with Gasteiger partial charge in [-0.3, -0.25) is 4.79 Å². The van der Waals surface area contributed by atoms with Gasteiger partial charge in [-0.15, -0.1) is 0 Å². The number of anilines is 1. The third-order valence-electron chi connectivity index (χ3n) is 4.46. The van der Waals surface area contributed by atoms with Crippen molar-refractivity contribution in [2.24, 2.45) is 0 Å². The number of nitrogens with one attached hydrogen (secondary N) is 1. The highest BCUT2D eigenvalue weighted by Crippen LogP contribution is 2.20. The maximum atomic E-state index is 12.5. The molecule has 1 aromatic rings. The maximum Gasteiger partial charge on any atom is 0.272 e. The molecule has 0 aliphatic heterocycles. The van der Waals surface area contributed by atoms with Gasteiger partial charge in [0.15, 0.2) is 0 Å². The van der Waals surface area contributed by atoms with Gasteiger partial charge in [0.1, 0.15) is 5.69 Å². The van der Waals surface area contributed by atoms with Crippen LogP contribution in [0.2, 0.25) is 0 Å². The minimum atomic E-state index is -0.0205. The SMILES string of the molecule is CCCCN(C)C(=O)c1cc(C)nc(NC2CCCCCC2)n1. The second kappa shape index (κ2) is 8.85. The molecule has 5 nitrogen and oxygen atoms in total. The van der Waals surface area contributed by atoms with Gasteiger partial charge in [0.2, 0.25) is 5.95 Å². The van der Waals surface area contributed by atoms with Crippen molar-refractivity contribution in [3.8, 4) is 0 Å². The molecular formula is C18H30N4O. The van der Waals surface area contributed by atoms with Gasteiger partial charge in [-0.05, 0) is 32.3 Å². The number of carbonyl (C=O) groups excluding carboxylic acids is 1. The van der Waals surface area contributed by atoms with Crippen LogP contribution < -0.4 is 5.32 Å². The van der Waals surface area contributed by atoms with E-state index in [1.165, 1.54) is 25.7 Å². The van der Waals surface area contributed by atoms with Crippen LogP contribution in [-0.2, 0) is 0 Å². The molecule has 5 heteroatoms. The highest BCUT2D eigenvalue weighted by molar-refractivity contribution is 5.92. The molecular weight excluding hydrogens is 288 g/mol. The molecule has 0 unspecified atom stereocenters. The minimum absolute atomic E-state index is 0.0205. The van der Waals surface area contributed by atoms with Crippen molar-refractivity contribution in [1.29, 1.82) is 0 Å². The van der Waals surface area contributed by atoms with Crippen molar-refractivity contribution in [3.05, 3.63) is 17.5 Å². The van der Waals surface area contributed by atoms with Crippen LogP contribution in [0.25, 0.3) is 0 Å². The lowest BCUT2D eigenvalue weighted by Gasteiger charge is -2.19. The van der Waals surface area contributed by atoms with Gasteiger partial charge >= 0.3 is 0 Å². The predicted octanol–water partition coefficient (Wildman–Crippen LogP) is 3.79. The Morgan fingerprint density at radius 2 is 1.96 bits per heavy atom. The van der Waals surface area contributed by atoms with Crippen LogP contribution >= 0.6 is 0 Å². The molecule has 0 radical (unpaired) electrons. The fourth-order valence-electron chi connectivity index (χ4n) is 3.04. The summed E-state index contributed by atoms with van der Waals surface area (Å²) in [6.45, 7) is 4.81. The topological polar surface area (TPSA) is 58.1 Å². The first kappa shape index (κ1) is 17.7. The summed E-state index contributed by atoms with van der Waals surface area (Å²) in [5.41, 5.74) is 1.33. The monoisotopic (exact) mass is 318 g/mol. The number of amides is 1. The Morgan fingerprint density at radius 1 is 1.26 bits per heavy atom. The normalized spacial score (nSPS) is 16.0. The molecule has 0 bridgehead atoms. The van der Waals surface area contributed by atoms with Crippen LogP contribution in [0.4, 0.5) is 5.95 Å². The Bertz CT molecular complexity index is 510. The fraction of sp³-hybridized carbons (Fsp3) is 0.722. The van der Waals surface area contributed by atoms with Crippen molar-refractivity contribution < 1.29 is 4.79 Å². The van der Waals surface area contributed by atoms with Crippen LogP contribution in [-0.4, -0.2) is 40.4 Å². The molecule has 0 atom stereocenters. The molecule has 1 heterocycles. The number of rotatable bonds is 6. The first-order valence-electron chi connectivity index (χ1n) is 8.98. The molecule has 23 heavy (non-hydrogen) atoms. The largest absolute Gasteiger partial charge is 0.351 e. The van der Waals surface area contributed by atoms with Gasteiger partial charge in [0, 0.05) is 25.3 Å². The summed E-state index contributed by atoms with van der Waals surface area (Å²) >= 11 is 0. The average Bonchev–Trinajstić information content (AvgIpc) is 2.80. The van der Waals surface area contributed by atoms with E-state index in [0.717, 1.165) is 37.9 Å². The van der Waals surface area contributed by atoms with E-state index in [4.69, 9.17) is 0 Å². The number of aryl methyl sites for hydroxylation is 1. The quantitative estimate of drug-likeness (QED) is 0.811. The van der Waals surface area contributed by atoms with E-state index in [1.807, 2.05) is 14.0 Å². The number of aromatic nitrogens is 2. The van der Waals surface area contributed by atoms with Crippen LogP contribution in [0, 0.1) is 6.92 Å². The molecule has 0 spiro atoms. The lowest BCUT2D eigenvalue weighted by atomic mass is 10.1. The highest BCUT2D eigenvalue weighted by Gasteiger charge is 2.17. The molecule has 0 saturated heterocycles. The summed E-state index contributed by atoms with van der Waals surface area (Å²) < 4.78 is 0. The van der Waals surface area contributed by atoms with Crippen LogP contribution in [0.3, 0.4) is 0 Å². The number of hydrogen-bond acceptors (Lipinski definition) is 4. The van der Waals surface area contributed by atoms with Gasteiger partial charge in [-0.25, -0.2) is 9.97 Å². The Hall–Kier alpha value is -1.65. The molecule has 128 valence electrons. The zero-order chi connectivity index (χ0) is 16.7. The van der Waals surface area contributed by atoms with Gasteiger partial charge in [-0.2, -0.15) is 0 Å². The molecule has 1 saturated carbocycles. The minimum Gasteiger partial charge on any atom is -0.351 e. The van der Waals surface area contributed by atoms with Crippen molar-refractivity contribution in [1.82, 2.24) is 14.9 Å². The van der Waals surface area contributed by atoms with E-state index >= 15 is 0 Å². The van der Waals surface area contributed by atoms with Crippen molar-refractivity contribution in [2.75, 3.05) is 18.9 Å². The van der Waals surface area contributed by atoms with E-state index in [-0.39, 0.29) is 5.91 Å². The molecule has 1 fully saturated rings. The Kier molecular flexibility index (Phi) is 6.81. The molecule has 2 rings (SSSR count). The van der Waals surface area contributed by atoms with Crippen LogP contribution in [0.15, 0.2) is 6.07 Å². The van der Waals surface area contributed by atoms with E-state index in [2.05, 4.69) is 22.2 Å². The summed E-state index contributed by atoms with van der Waals surface area (Å²) in [5.74, 6) is 0.581. The Labute approximate surface area is 139 Å². The lowest BCUT2D eigenvalue weighted by Crippen LogP contribution is -2.29. The van der Waals surface area contributed by atoms with Gasteiger partial charge in [-0.1, -0.05) is 39.0 Å². The zero-order valence-electron chi connectivity index (χ0n) is 14.8. The fourth-order valence-corrected chi connectivity index (χ4v) is 3.04. The Morgan fingerprint density at radius 3 is 2.61 bits per heavy atom. The number of unbranched alkanes of at least 4 members (excludes halogenated alkanes) is 1. The molecule has 1 aliphatic carbocycles. The standard InChI is InChI=1S/C18H30N4O/c1-4-5-12-22(3)17(23)16-13-14(2)19-18(21-16)20-15-10-8-6-7-9-11-15/h13,15H,4-12H2,1-3H3,(H,19,20,21). The van der Waals surface area contributed by atoms with Gasteiger partial charge in [0.25, 0.3) is 5.91 Å². The average molecular weight is 318 g/mol.